The number of fused-ring (bicyclic) bond motifs is 1. The highest BCUT2D eigenvalue weighted by Crippen LogP contribution is 2.38. The first-order valence-corrected chi connectivity index (χ1v) is 8.67. The molecule has 0 bridgehead atoms. The summed E-state index contributed by atoms with van der Waals surface area (Å²) in [6.07, 6.45) is 3.25. The Kier molecular flexibility index (Phi) is 7.03. The van der Waals surface area contributed by atoms with E-state index in [4.69, 9.17) is 19.5 Å². The highest BCUT2D eigenvalue weighted by Gasteiger charge is 2.55. The number of rotatable bonds is 9. The Labute approximate surface area is 142 Å². The summed E-state index contributed by atoms with van der Waals surface area (Å²) in [6.45, 7) is 2.87. The van der Waals surface area contributed by atoms with Crippen LogP contribution >= 0.6 is 0 Å². The van der Waals surface area contributed by atoms with E-state index in [0.29, 0.717) is 25.8 Å². The lowest BCUT2D eigenvalue weighted by molar-refractivity contribution is -0.173. The Balaban J connectivity index is 1.95. The Morgan fingerprint density at radius 2 is 2.08 bits per heavy atom. The van der Waals surface area contributed by atoms with Gasteiger partial charge in [0, 0.05) is 24.9 Å². The first-order chi connectivity index (χ1) is 11.5. The van der Waals surface area contributed by atoms with Crippen LogP contribution in [0.4, 0.5) is 0 Å². The molecule has 2 aliphatic rings. The van der Waals surface area contributed by atoms with E-state index in [2.05, 4.69) is 10.6 Å². The molecule has 0 aliphatic carbocycles. The van der Waals surface area contributed by atoms with Gasteiger partial charge in [-0.05, 0) is 25.7 Å². The van der Waals surface area contributed by atoms with Gasteiger partial charge in [0.05, 0.1) is 0 Å². The van der Waals surface area contributed by atoms with Gasteiger partial charge < -0.3 is 30.2 Å². The molecule has 0 amide bonds. The van der Waals surface area contributed by atoms with Crippen molar-refractivity contribution in [3.63, 3.8) is 0 Å². The Hall–Kier alpha value is -1.16. The average molecular weight is 342 g/mol. The number of nitrogens with one attached hydrogen (secondary N) is 2. The number of carbonyl (C=O) groups is 2. The fraction of sp³-hybridized carbons (Fsp3) is 0.867. The van der Waals surface area contributed by atoms with Crippen LogP contribution in [-0.4, -0.2) is 60.6 Å². The van der Waals surface area contributed by atoms with Crippen molar-refractivity contribution in [2.45, 2.75) is 56.9 Å². The average Bonchev–Trinajstić information content (AvgIpc) is 3.14. The van der Waals surface area contributed by atoms with Crippen LogP contribution in [-0.2, 0) is 19.1 Å². The highest BCUT2D eigenvalue weighted by molar-refractivity contribution is 6.40. The van der Waals surface area contributed by atoms with E-state index < -0.39 is 24.6 Å². The lowest BCUT2D eigenvalue weighted by Crippen LogP contribution is -2.53. The molecular formula is C15H27BN2O6. The summed E-state index contributed by atoms with van der Waals surface area (Å²) in [7, 11) is -1.32. The second kappa shape index (κ2) is 8.80. The zero-order valence-electron chi connectivity index (χ0n) is 14.1. The maximum absolute atomic E-state index is 12.7. The SMILES string of the molecule is CCC(=O)OCOC(=O)[C@]1(CCCCB(O)O)NC[C@@H]2NCC[C@@H]21. The molecule has 9 heteroatoms. The monoisotopic (exact) mass is 342 g/mol. The fourth-order valence-electron chi connectivity index (χ4n) is 3.70. The van der Waals surface area contributed by atoms with Crippen molar-refractivity contribution in [1.82, 2.24) is 10.6 Å². The molecule has 0 aromatic carbocycles. The first kappa shape index (κ1) is 19.2. The Morgan fingerprint density at radius 1 is 1.29 bits per heavy atom. The van der Waals surface area contributed by atoms with Crippen molar-refractivity contribution in [3.8, 4) is 0 Å². The van der Waals surface area contributed by atoms with E-state index in [1.807, 2.05) is 0 Å². The molecule has 2 aliphatic heterocycles. The van der Waals surface area contributed by atoms with Gasteiger partial charge in [-0.15, -0.1) is 0 Å². The van der Waals surface area contributed by atoms with Crippen LogP contribution in [0.2, 0.25) is 6.32 Å². The van der Waals surface area contributed by atoms with E-state index in [1.165, 1.54) is 0 Å². The van der Waals surface area contributed by atoms with E-state index in [1.54, 1.807) is 6.92 Å². The lowest BCUT2D eigenvalue weighted by Gasteiger charge is -2.32. The van der Waals surface area contributed by atoms with Crippen LogP contribution < -0.4 is 10.6 Å². The van der Waals surface area contributed by atoms with Gasteiger partial charge in [-0.3, -0.25) is 4.79 Å². The molecule has 2 fully saturated rings. The maximum atomic E-state index is 12.7. The third-order valence-electron chi connectivity index (χ3n) is 4.96. The smallest absolute Gasteiger partial charge is 0.428 e. The molecule has 0 unspecified atom stereocenters. The Bertz CT molecular complexity index is 450. The number of hydrogen-bond donors (Lipinski definition) is 4. The van der Waals surface area contributed by atoms with E-state index in [9.17, 15) is 9.59 Å². The van der Waals surface area contributed by atoms with Crippen molar-refractivity contribution >= 4 is 19.1 Å². The molecule has 3 atom stereocenters. The van der Waals surface area contributed by atoms with Crippen LogP contribution in [0, 0.1) is 5.92 Å². The minimum Gasteiger partial charge on any atom is -0.428 e. The second-order valence-corrected chi connectivity index (χ2v) is 6.45. The van der Waals surface area contributed by atoms with Crippen LogP contribution in [0.1, 0.15) is 39.0 Å². The molecule has 0 aromatic heterocycles. The van der Waals surface area contributed by atoms with Crippen molar-refractivity contribution in [3.05, 3.63) is 0 Å². The van der Waals surface area contributed by atoms with Crippen molar-refractivity contribution in [2.24, 2.45) is 5.92 Å². The van der Waals surface area contributed by atoms with Crippen LogP contribution in [0.15, 0.2) is 0 Å². The summed E-state index contributed by atoms with van der Waals surface area (Å²) in [5.41, 5.74) is -0.798. The molecule has 0 radical (unpaired) electrons. The van der Waals surface area contributed by atoms with Gasteiger partial charge in [-0.25, -0.2) is 4.79 Å². The third-order valence-corrected chi connectivity index (χ3v) is 4.96. The molecule has 136 valence electrons. The first-order valence-electron chi connectivity index (χ1n) is 8.67. The molecular weight excluding hydrogens is 315 g/mol. The fourth-order valence-corrected chi connectivity index (χ4v) is 3.70. The van der Waals surface area contributed by atoms with Gasteiger partial charge >= 0.3 is 19.1 Å². The van der Waals surface area contributed by atoms with Gasteiger partial charge in [0.15, 0.2) is 0 Å². The summed E-state index contributed by atoms with van der Waals surface area (Å²) in [6, 6.07) is 0.235. The maximum Gasteiger partial charge on any atom is 0.451 e. The van der Waals surface area contributed by atoms with E-state index in [-0.39, 0.29) is 31.5 Å². The van der Waals surface area contributed by atoms with Gasteiger partial charge in [0.25, 0.3) is 0 Å². The number of unbranched alkanes of at least 4 members (excludes halogenated alkanes) is 1. The van der Waals surface area contributed by atoms with Crippen molar-refractivity contribution in [1.29, 1.82) is 0 Å². The number of hydrogen-bond acceptors (Lipinski definition) is 8. The van der Waals surface area contributed by atoms with E-state index in [0.717, 1.165) is 13.0 Å². The summed E-state index contributed by atoms with van der Waals surface area (Å²) in [5.74, 6) is -0.674. The minimum atomic E-state index is -1.32. The zero-order chi connectivity index (χ0) is 17.6. The lowest BCUT2D eigenvalue weighted by atomic mass is 9.77. The van der Waals surface area contributed by atoms with Gasteiger partial charge in [-0.2, -0.15) is 0 Å². The molecule has 2 rings (SSSR count). The molecule has 8 nitrogen and oxygen atoms in total. The molecule has 4 N–H and O–H groups in total. The molecule has 0 saturated carbocycles. The third kappa shape index (κ3) is 4.47. The van der Waals surface area contributed by atoms with Crippen LogP contribution in [0.3, 0.4) is 0 Å². The highest BCUT2D eigenvalue weighted by atomic mass is 16.7. The molecule has 24 heavy (non-hydrogen) atoms. The quantitative estimate of drug-likeness (QED) is 0.190. The number of ether oxygens (including phenoxy) is 2. The largest absolute Gasteiger partial charge is 0.451 e. The summed E-state index contributed by atoms with van der Waals surface area (Å²) in [4.78, 5) is 23.9. The predicted octanol–water partition coefficient (Wildman–Crippen LogP) is -0.596. The standard InChI is InChI=1S/C15H27BN2O6/c1-2-13(19)23-10-24-14(20)15(6-3-4-7-16(21)22)11-5-8-17-12(11)9-18-15/h11-12,17-18,21-22H,2-10H2,1H3/t11-,12-,15+/m0/s1. The molecule has 2 heterocycles. The summed E-state index contributed by atoms with van der Waals surface area (Å²) in [5, 5.41) is 24.6. The predicted molar refractivity (Wildman–Crippen MR) is 86.8 cm³/mol. The normalized spacial score (nSPS) is 28.5. The van der Waals surface area contributed by atoms with E-state index >= 15 is 0 Å². The zero-order valence-corrected chi connectivity index (χ0v) is 14.1. The molecule has 2 saturated heterocycles. The van der Waals surface area contributed by atoms with Gasteiger partial charge in [0.1, 0.15) is 5.54 Å². The van der Waals surface area contributed by atoms with Gasteiger partial charge in [-0.1, -0.05) is 19.8 Å². The molecule has 0 aromatic rings. The minimum absolute atomic E-state index is 0.130. The molecule has 0 spiro atoms. The van der Waals surface area contributed by atoms with Crippen LogP contribution in [0.5, 0.6) is 0 Å². The summed E-state index contributed by atoms with van der Waals surface area (Å²) >= 11 is 0. The number of carbonyl (C=O) groups excluding carboxylic acids is 2. The van der Waals surface area contributed by atoms with Crippen molar-refractivity contribution < 1.29 is 29.1 Å². The number of esters is 2. The van der Waals surface area contributed by atoms with Crippen LogP contribution in [0.25, 0.3) is 0 Å². The summed E-state index contributed by atoms with van der Waals surface area (Å²) < 4.78 is 10.1. The van der Waals surface area contributed by atoms with Gasteiger partial charge in [0.2, 0.25) is 6.79 Å². The topological polar surface area (TPSA) is 117 Å². The Morgan fingerprint density at radius 3 is 2.79 bits per heavy atom. The van der Waals surface area contributed by atoms with Crippen molar-refractivity contribution in [2.75, 3.05) is 19.9 Å². The second-order valence-electron chi connectivity index (χ2n) is 6.45.